The van der Waals surface area contributed by atoms with E-state index in [9.17, 15) is 0 Å². The molecule has 83 valence electrons. The predicted molar refractivity (Wildman–Crippen MR) is 68.3 cm³/mol. The van der Waals surface area contributed by atoms with Crippen LogP contribution in [0.4, 0.5) is 0 Å². The molecule has 0 heteroatoms. The Morgan fingerprint density at radius 2 is 1.13 bits per heavy atom. The molecule has 0 bridgehead atoms. The van der Waals surface area contributed by atoms with Crippen molar-refractivity contribution in [3.05, 3.63) is 41.8 Å². The van der Waals surface area contributed by atoms with E-state index in [1.807, 2.05) is 0 Å². The molecule has 1 aromatic rings. The Kier molecular flexibility index (Phi) is 3.00. The first-order valence-corrected chi connectivity index (χ1v) is 5.60. The zero-order valence-electron chi connectivity index (χ0n) is 10.9. The first kappa shape index (κ1) is 12.3. The van der Waals surface area contributed by atoms with Gasteiger partial charge in [0.2, 0.25) is 0 Å². The van der Waals surface area contributed by atoms with Crippen LogP contribution in [0.5, 0.6) is 0 Å². The Labute approximate surface area is 94.7 Å². The molecule has 0 unspecified atom stereocenters. The predicted octanol–water partition coefficient (Wildman–Crippen LogP) is 4.46. The fraction of sp³-hybridized carbons (Fsp3) is 0.533. The van der Waals surface area contributed by atoms with Gasteiger partial charge in [0.05, 0.1) is 0 Å². The maximum atomic E-state index is 4.25. The van der Waals surface area contributed by atoms with Crippen molar-refractivity contribution in [2.75, 3.05) is 0 Å². The van der Waals surface area contributed by atoms with Crippen molar-refractivity contribution >= 4 is 0 Å². The molecule has 0 aromatic heterocycles. The maximum absolute atomic E-state index is 4.25. The second-order valence-electron chi connectivity index (χ2n) is 6.33. The summed E-state index contributed by atoms with van der Waals surface area (Å²) in [6, 6.07) is 6.53. The van der Waals surface area contributed by atoms with Gasteiger partial charge in [-0.1, -0.05) is 59.7 Å². The number of hydrogen-bond donors (Lipinski definition) is 0. The molecule has 1 radical (unpaired) electrons. The Morgan fingerprint density at radius 3 is 1.40 bits per heavy atom. The normalized spacial score (nSPS) is 13.0. The summed E-state index contributed by atoms with van der Waals surface area (Å²) in [6.07, 6.45) is 0. The topological polar surface area (TPSA) is 0 Å². The molecule has 0 aliphatic carbocycles. The first-order chi connectivity index (χ1) is 6.64. The average molecular weight is 203 g/mol. The third-order valence-corrected chi connectivity index (χ3v) is 2.79. The van der Waals surface area contributed by atoms with Crippen LogP contribution < -0.4 is 0 Å². The minimum Gasteiger partial charge on any atom is -0.0617 e. The summed E-state index contributed by atoms with van der Waals surface area (Å²) >= 11 is 0. The van der Waals surface area contributed by atoms with E-state index in [0.717, 1.165) is 0 Å². The van der Waals surface area contributed by atoms with Crippen LogP contribution in [0.2, 0.25) is 0 Å². The van der Waals surface area contributed by atoms with Gasteiger partial charge >= 0.3 is 0 Å². The van der Waals surface area contributed by atoms with Crippen LogP contribution in [0.25, 0.3) is 0 Å². The largest absolute Gasteiger partial charge is 0.0617 e. The molecule has 1 rings (SSSR count). The molecule has 0 amide bonds. The van der Waals surface area contributed by atoms with Crippen molar-refractivity contribution in [2.24, 2.45) is 0 Å². The highest BCUT2D eigenvalue weighted by molar-refractivity contribution is 5.44. The van der Waals surface area contributed by atoms with Crippen LogP contribution in [0.15, 0.2) is 18.2 Å². The zero-order chi connectivity index (χ0) is 11.9. The first-order valence-electron chi connectivity index (χ1n) is 5.60. The second-order valence-corrected chi connectivity index (χ2v) is 6.33. The Hall–Kier alpha value is -0.780. The van der Waals surface area contributed by atoms with Gasteiger partial charge < -0.3 is 0 Å². The lowest BCUT2D eigenvalue weighted by atomic mass is 9.77. The molecule has 0 N–H and O–H groups in total. The lowest BCUT2D eigenvalue weighted by Gasteiger charge is -2.28. The molecule has 0 saturated heterocycles. The fourth-order valence-corrected chi connectivity index (χ4v) is 1.99. The SMILES string of the molecule is [CH2]c1c(C(C)(C)C)cccc1C(C)(C)C. The summed E-state index contributed by atoms with van der Waals surface area (Å²) < 4.78 is 0. The molecule has 0 aliphatic rings. The van der Waals surface area contributed by atoms with Crippen molar-refractivity contribution in [3.63, 3.8) is 0 Å². The molecule has 0 atom stereocenters. The van der Waals surface area contributed by atoms with Gasteiger partial charge in [0, 0.05) is 0 Å². The second kappa shape index (κ2) is 3.66. The molecule has 0 aliphatic heterocycles. The number of rotatable bonds is 0. The van der Waals surface area contributed by atoms with Crippen LogP contribution in [-0.2, 0) is 10.8 Å². The molecule has 15 heavy (non-hydrogen) atoms. The molecule has 0 nitrogen and oxygen atoms in total. The molecular formula is C15H23. The van der Waals surface area contributed by atoms with E-state index < -0.39 is 0 Å². The summed E-state index contributed by atoms with van der Waals surface area (Å²) in [6.45, 7) is 17.7. The lowest BCUT2D eigenvalue weighted by molar-refractivity contribution is 0.564. The van der Waals surface area contributed by atoms with Gasteiger partial charge in [-0.05, 0) is 34.4 Å². The Balaban J connectivity index is 3.37. The fourth-order valence-electron chi connectivity index (χ4n) is 1.99. The van der Waals surface area contributed by atoms with Crippen LogP contribution in [0.1, 0.15) is 58.2 Å². The third-order valence-electron chi connectivity index (χ3n) is 2.79. The molecular weight excluding hydrogens is 180 g/mol. The van der Waals surface area contributed by atoms with Gasteiger partial charge in [-0.25, -0.2) is 0 Å². The highest BCUT2D eigenvalue weighted by Crippen LogP contribution is 2.32. The summed E-state index contributed by atoms with van der Waals surface area (Å²) in [7, 11) is 0. The van der Waals surface area contributed by atoms with Crippen LogP contribution in [0, 0.1) is 6.92 Å². The molecule has 0 saturated carbocycles. The van der Waals surface area contributed by atoms with E-state index in [1.54, 1.807) is 0 Å². The molecule has 0 heterocycles. The van der Waals surface area contributed by atoms with Gasteiger partial charge in [0.1, 0.15) is 0 Å². The van der Waals surface area contributed by atoms with Crippen molar-refractivity contribution in [2.45, 2.75) is 52.4 Å². The lowest BCUT2D eigenvalue weighted by Crippen LogP contribution is -2.19. The van der Waals surface area contributed by atoms with E-state index in [4.69, 9.17) is 0 Å². The number of hydrogen-bond acceptors (Lipinski definition) is 0. The number of benzene rings is 1. The van der Waals surface area contributed by atoms with E-state index in [0.29, 0.717) is 0 Å². The standard InChI is InChI=1S/C15H23/c1-11-12(14(2,3)4)9-8-10-13(11)15(5,6)7/h8-10H,1H2,2-7H3. The van der Waals surface area contributed by atoms with Crippen LogP contribution in [0.3, 0.4) is 0 Å². The molecule has 1 aromatic carbocycles. The summed E-state index contributed by atoms with van der Waals surface area (Å²) in [4.78, 5) is 0. The average Bonchev–Trinajstić information content (AvgIpc) is 1.99. The summed E-state index contributed by atoms with van der Waals surface area (Å²) in [5.41, 5.74) is 4.28. The van der Waals surface area contributed by atoms with Gasteiger partial charge in [-0.2, -0.15) is 0 Å². The van der Waals surface area contributed by atoms with Crippen molar-refractivity contribution in [3.8, 4) is 0 Å². The van der Waals surface area contributed by atoms with Crippen LogP contribution in [-0.4, -0.2) is 0 Å². The van der Waals surface area contributed by atoms with Crippen molar-refractivity contribution < 1.29 is 0 Å². The minimum absolute atomic E-state index is 0.179. The smallest absolute Gasteiger partial charge is 0.0129 e. The third kappa shape index (κ3) is 2.62. The van der Waals surface area contributed by atoms with Gasteiger partial charge in [0.15, 0.2) is 0 Å². The highest BCUT2D eigenvalue weighted by atomic mass is 14.3. The Morgan fingerprint density at radius 1 is 0.800 bits per heavy atom. The highest BCUT2D eigenvalue weighted by Gasteiger charge is 2.22. The zero-order valence-corrected chi connectivity index (χ0v) is 10.9. The van der Waals surface area contributed by atoms with E-state index in [-0.39, 0.29) is 10.8 Å². The molecule has 0 spiro atoms. The summed E-state index contributed by atoms with van der Waals surface area (Å²) in [5, 5.41) is 0. The summed E-state index contributed by atoms with van der Waals surface area (Å²) in [5.74, 6) is 0. The maximum Gasteiger partial charge on any atom is -0.0129 e. The van der Waals surface area contributed by atoms with Gasteiger partial charge in [0.25, 0.3) is 0 Å². The van der Waals surface area contributed by atoms with Gasteiger partial charge in [-0.15, -0.1) is 0 Å². The monoisotopic (exact) mass is 203 g/mol. The van der Waals surface area contributed by atoms with Gasteiger partial charge in [-0.3, -0.25) is 0 Å². The van der Waals surface area contributed by atoms with Crippen molar-refractivity contribution in [1.82, 2.24) is 0 Å². The van der Waals surface area contributed by atoms with E-state index in [2.05, 4.69) is 66.7 Å². The van der Waals surface area contributed by atoms with E-state index in [1.165, 1.54) is 16.7 Å². The quantitative estimate of drug-likeness (QED) is 0.584. The van der Waals surface area contributed by atoms with Crippen LogP contribution >= 0.6 is 0 Å². The molecule has 0 fully saturated rings. The minimum atomic E-state index is 0.179. The van der Waals surface area contributed by atoms with Crippen molar-refractivity contribution in [1.29, 1.82) is 0 Å². The Bertz CT molecular complexity index is 313. The van der Waals surface area contributed by atoms with E-state index >= 15 is 0 Å².